The van der Waals surface area contributed by atoms with Crippen molar-refractivity contribution >= 4 is 34.7 Å². The molecule has 0 atom stereocenters. The van der Waals surface area contributed by atoms with Crippen LogP contribution in [0.2, 0.25) is 0 Å². The van der Waals surface area contributed by atoms with E-state index in [9.17, 15) is 0 Å². The maximum absolute atomic E-state index is 4.88. The van der Waals surface area contributed by atoms with Gasteiger partial charge in [0.15, 0.2) is 0 Å². The summed E-state index contributed by atoms with van der Waals surface area (Å²) in [5.74, 6) is 14.2. The molecule has 5 heteroatoms. The minimum absolute atomic E-state index is 0.472. The topological polar surface area (TPSA) is 0 Å². The van der Waals surface area contributed by atoms with Crippen LogP contribution in [0.3, 0.4) is 0 Å². The van der Waals surface area contributed by atoms with Crippen LogP contribution < -0.4 is 0 Å². The van der Waals surface area contributed by atoms with Gasteiger partial charge in [0, 0.05) is 0 Å². The summed E-state index contributed by atoms with van der Waals surface area (Å²) in [6, 6.07) is 0. The number of halogens is 2. The Morgan fingerprint density at radius 2 is 0.586 bits per heavy atom. The van der Waals surface area contributed by atoms with Gasteiger partial charge in [0.25, 0.3) is 0 Å². The molecule has 0 rings (SSSR count). The van der Waals surface area contributed by atoms with E-state index in [2.05, 4.69) is 113 Å². The van der Waals surface area contributed by atoms with E-state index in [4.69, 9.17) is 18.8 Å². The Labute approximate surface area is 201 Å². The SMILES string of the molecule is CCC=C[PH+](C=CCC)/C=C/CC.CCC=C[PH+](C=CCC)C=CCC.[Cl][Pt][Cl]. The van der Waals surface area contributed by atoms with Crippen molar-refractivity contribution in [3.05, 3.63) is 71.4 Å². The van der Waals surface area contributed by atoms with Crippen molar-refractivity contribution in [1.82, 2.24) is 0 Å². The molecule has 0 nitrogen and oxygen atoms in total. The first-order valence-electron chi connectivity index (χ1n) is 10.7. The summed E-state index contributed by atoms with van der Waals surface area (Å²) in [6.45, 7) is 13.1. The summed E-state index contributed by atoms with van der Waals surface area (Å²) < 4.78 is 0. The third-order valence-corrected chi connectivity index (χ3v) is 7.00. The van der Waals surface area contributed by atoms with Crippen LogP contribution in [-0.4, -0.2) is 0 Å². The van der Waals surface area contributed by atoms with Gasteiger partial charge < -0.3 is 0 Å². The molecule has 0 spiro atoms. The van der Waals surface area contributed by atoms with Gasteiger partial charge in [-0.05, 0) is 75.0 Å². The predicted octanol–water partition coefficient (Wildman–Crippen LogP) is 11.3. The molecule has 29 heavy (non-hydrogen) atoms. The standard InChI is InChI=1S/2C12H21P.2ClH.Pt/c2*1-4-7-10-13(11-8-5-2)12-9-6-3;;;/h2*7-12H,4-6H2,1-3H3;2*1H;/q;;;;+2/b10-7+,11-8?,12-9?;;;;. The summed E-state index contributed by atoms with van der Waals surface area (Å²) in [4.78, 5) is 0. The van der Waals surface area contributed by atoms with Crippen molar-refractivity contribution < 1.29 is 16.5 Å². The quantitative estimate of drug-likeness (QED) is 0.183. The summed E-state index contributed by atoms with van der Waals surface area (Å²) in [6.07, 6.45) is 20.5. The molecule has 0 saturated heterocycles. The third kappa shape index (κ3) is 33.4. The first-order chi connectivity index (χ1) is 14.1. The van der Waals surface area contributed by atoms with E-state index in [1.807, 2.05) is 0 Å². The van der Waals surface area contributed by atoms with Crippen LogP contribution in [0.25, 0.3) is 0 Å². The zero-order valence-corrected chi connectivity index (χ0v) is 25.0. The van der Waals surface area contributed by atoms with Crippen molar-refractivity contribution in [2.75, 3.05) is 0 Å². The fraction of sp³-hybridized carbons (Fsp3) is 0.500. The first-order valence-corrected chi connectivity index (χ1v) is 19.8. The van der Waals surface area contributed by atoms with E-state index in [0.29, 0.717) is 0 Å². The molecule has 0 amide bonds. The van der Waals surface area contributed by atoms with Gasteiger partial charge in [-0.25, -0.2) is 0 Å². The molecular weight excluding hydrogens is 616 g/mol. The second kappa shape index (κ2) is 33.2. The molecule has 0 saturated carbocycles. The van der Waals surface area contributed by atoms with Crippen molar-refractivity contribution in [1.29, 1.82) is 0 Å². The van der Waals surface area contributed by atoms with Gasteiger partial charge in [-0.15, -0.1) is 0 Å². The number of allylic oxidation sites excluding steroid dienone is 6. The van der Waals surface area contributed by atoms with Crippen molar-refractivity contribution in [2.24, 2.45) is 0 Å². The van der Waals surface area contributed by atoms with Gasteiger partial charge in [-0.3, -0.25) is 0 Å². The van der Waals surface area contributed by atoms with E-state index >= 15 is 0 Å². The monoisotopic (exact) mass is 659 g/mol. The molecule has 172 valence electrons. The summed E-state index contributed by atoms with van der Waals surface area (Å²) in [5, 5.41) is 0. The summed E-state index contributed by atoms with van der Waals surface area (Å²) in [5.41, 5.74) is 0. The second-order valence-electron chi connectivity index (χ2n) is 5.91. The molecular formula is C24H44Cl2P2Pt+2. The average molecular weight is 661 g/mol. The molecule has 0 radical (unpaired) electrons. The molecule has 0 unspecified atom stereocenters. The van der Waals surface area contributed by atoms with E-state index < -0.39 is 32.3 Å². The van der Waals surface area contributed by atoms with Crippen LogP contribution in [0, 0.1) is 0 Å². The van der Waals surface area contributed by atoms with Crippen LogP contribution >= 0.6 is 34.7 Å². The Kier molecular flexibility index (Phi) is 39.2. The zero-order chi connectivity index (χ0) is 22.6. The summed E-state index contributed by atoms with van der Waals surface area (Å²) in [7, 11) is 8.80. The van der Waals surface area contributed by atoms with Gasteiger partial charge in [0.2, 0.25) is 0 Å². The van der Waals surface area contributed by atoms with E-state index in [0.717, 1.165) is 38.5 Å². The van der Waals surface area contributed by atoms with Crippen molar-refractivity contribution in [3.8, 4) is 0 Å². The van der Waals surface area contributed by atoms with Crippen LogP contribution in [0.5, 0.6) is 0 Å². The molecule has 0 heterocycles. The molecule has 0 fully saturated rings. The fourth-order valence-electron chi connectivity index (χ4n) is 1.86. The Bertz CT molecular complexity index is 361. The summed E-state index contributed by atoms with van der Waals surface area (Å²) >= 11 is -0.472. The molecule has 0 aliphatic rings. The number of hydrogen-bond acceptors (Lipinski definition) is 0. The molecule has 0 aromatic carbocycles. The van der Waals surface area contributed by atoms with Crippen LogP contribution in [0.4, 0.5) is 0 Å². The van der Waals surface area contributed by atoms with Gasteiger partial charge in [0.1, 0.15) is 0 Å². The van der Waals surface area contributed by atoms with Crippen molar-refractivity contribution in [2.45, 2.75) is 80.1 Å². The average Bonchev–Trinajstić information content (AvgIpc) is 2.73. The van der Waals surface area contributed by atoms with E-state index in [1.54, 1.807) is 0 Å². The number of hydrogen-bond donors (Lipinski definition) is 0. The van der Waals surface area contributed by atoms with E-state index in [-0.39, 0.29) is 0 Å². The Morgan fingerprint density at radius 3 is 0.690 bits per heavy atom. The van der Waals surface area contributed by atoms with Crippen LogP contribution in [0.15, 0.2) is 71.4 Å². The predicted molar refractivity (Wildman–Crippen MR) is 145 cm³/mol. The van der Waals surface area contributed by atoms with Gasteiger partial charge in [-0.2, -0.15) is 0 Å². The normalized spacial score (nSPS) is 14.2. The molecule has 0 aliphatic heterocycles. The van der Waals surface area contributed by atoms with Gasteiger partial charge in [-0.1, -0.05) is 41.5 Å². The van der Waals surface area contributed by atoms with Crippen molar-refractivity contribution in [3.63, 3.8) is 0 Å². The molecule has 0 aromatic heterocycles. The Morgan fingerprint density at radius 1 is 0.448 bits per heavy atom. The number of rotatable bonds is 12. The van der Waals surface area contributed by atoms with Crippen LogP contribution in [0.1, 0.15) is 80.1 Å². The second-order valence-corrected chi connectivity index (χ2v) is 13.2. The first kappa shape index (κ1) is 34.2. The molecule has 0 bridgehead atoms. The fourth-order valence-corrected chi connectivity index (χ4v) is 5.57. The Balaban J connectivity index is -0.000000410. The third-order valence-electron chi connectivity index (χ3n) is 3.28. The minimum atomic E-state index is -0.474. The maximum atomic E-state index is 4.88. The van der Waals surface area contributed by atoms with Crippen LogP contribution in [-0.2, 0) is 16.5 Å². The van der Waals surface area contributed by atoms with E-state index in [1.165, 1.54) is 0 Å². The van der Waals surface area contributed by atoms with Gasteiger partial charge in [0.05, 0.1) is 50.7 Å². The molecule has 0 N–H and O–H groups in total. The molecule has 0 aliphatic carbocycles. The molecule has 0 aromatic rings. The van der Waals surface area contributed by atoms with Gasteiger partial charge >= 0.3 is 35.3 Å². The zero-order valence-electron chi connectivity index (χ0n) is 19.2. The Hall–Kier alpha value is 0.568.